The molecule has 2 heterocycles. The lowest BCUT2D eigenvalue weighted by molar-refractivity contribution is 0.0258. The van der Waals surface area contributed by atoms with Gasteiger partial charge in [0.05, 0.1) is 5.69 Å². The second-order valence-electron chi connectivity index (χ2n) is 7.25. The first-order valence-electron chi connectivity index (χ1n) is 8.55. The van der Waals surface area contributed by atoms with E-state index in [0.29, 0.717) is 19.7 Å². The van der Waals surface area contributed by atoms with Crippen molar-refractivity contribution in [1.29, 1.82) is 0 Å². The molecule has 0 unspecified atom stereocenters. The molecule has 0 aliphatic carbocycles. The zero-order chi connectivity index (χ0) is 17.3. The van der Waals surface area contributed by atoms with Gasteiger partial charge in [0.1, 0.15) is 18.0 Å². The summed E-state index contributed by atoms with van der Waals surface area (Å²) >= 11 is 0. The van der Waals surface area contributed by atoms with E-state index in [-0.39, 0.29) is 6.09 Å². The first kappa shape index (κ1) is 16.7. The van der Waals surface area contributed by atoms with Crippen LogP contribution in [0.5, 0.6) is 5.75 Å². The molecule has 0 radical (unpaired) electrons. The molecule has 2 aliphatic heterocycles. The van der Waals surface area contributed by atoms with Crippen molar-refractivity contribution < 1.29 is 14.3 Å². The number of nitrogens with one attached hydrogen (secondary N) is 1. The number of ether oxygens (including phenoxy) is 2. The van der Waals surface area contributed by atoms with E-state index >= 15 is 0 Å². The molecule has 1 N–H and O–H groups in total. The first-order valence-corrected chi connectivity index (χ1v) is 8.55. The van der Waals surface area contributed by atoms with Gasteiger partial charge in [-0.25, -0.2) is 4.79 Å². The maximum absolute atomic E-state index is 12.4. The van der Waals surface area contributed by atoms with E-state index in [1.807, 2.05) is 26.8 Å². The number of amides is 1. The molecule has 0 saturated heterocycles. The third kappa shape index (κ3) is 3.35. The minimum atomic E-state index is -0.473. The maximum atomic E-state index is 12.4. The van der Waals surface area contributed by atoms with Gasteiger partial charge in [-0.2, -0.15) is 0 Å². The average Bonchev–Trinajstić information content (AvgIpc) is 2.73. The Bertz CT molecular complexity index is 662. The number of carbonyl (C=O) groups excluding carboxylic acids is 1. The minimum Gasteiger partial charge on any atom is -0.490 e. The van der Waals surface area contributed by atoms with Crippen molar-refractivity contribution in [2.24, 2.45) is 0 Å². The van der Waals surface area contributed by atoms with Crippen LogP contribution in [0.2, 0.25) is 0 Å². The summed E-state index contributed by atoms with van der Waals surface area (Å²) in [4.78, 5) is 14.2. The standard InChI is InChI=1S/C19H26N2O3/c1-5-14-15-7-10-21(18(22)24-19(2,3)4)9-6-13(15)12-16-17(14)20-8-11-23-16/h5,12,20H,1,6-11H2,2-4H3. The van der Waals surface area contributed by atoms with Gasteiger partial charge in [-0.15, -0.1) is 0 Å². The molecule has 0 saturated carbocycles. The van der Waals surface area contributed by atoms with E-state index in [4.69, 9.17) is 9.47 Å². The van der Waals surface area contributed by atoms with Gasteiger partial charge in [0.25, 0.3) is 0 Å². The molecule has 0 fully saturated rings. The molecule has 2 aliphatic rings. The number of rotatable bonds is 1. The SMILES string of the molecule is C=Cc1c2c(cc3c1NCCO3)CCN(C(=O)OC(C)(C)C)CC2. The van der Waals surface area contributed by atoms with Crippen molar-refractivity contribution in [3.05, 3.63) is 29.3 Å². The van der Waals surface area contributed by atoms with Crippen LogP contribution >= 0.6 is 0 Å². The molecular weight excluding hydrogens is 304 g/mol. The Kier molecular flexibility index (Phi) is 4.43. The van der Waals surface area contributed by atoms with E-state index in [2.05, 4.69) is 18.0 Å². The van der Waals surface area contributed by atoms with Crippen LogP contribution in [0.3, 0.4) is 0 Å². The fourth-order valence-corrected chi connectivity index (χ4v) is 3.27. The fraction of sp³-hybridized carbons (Fsp3) is 0.526. The number of carbonyl (C=O) groups is 1. The van der Waals surface area contributed by atoms with Gasteiger partial charge in [0.15, 0.2) is 0 Å². The third-order valence-electron chi connectivity index (χ3n) is 4.33. The molecule has 3 rings (SSSR count). The number of hydrogen-bond acceptors (Lipinski definition) is 4. The van der Waals surface area contributed by atoms with Crippen molar-refractivity contribution in [2.45, 2.75) is 39.2 Å². The molecule has 130 valence electrons. The largest absolute Gasteiger partial charge is 0.490 e. The summed E-state index contributed by atoms with van der Waals surface area (Å²) in [5.41, 5.74) is 4.15. The van der Waals surface area contributed by atoms with E-state index in [0.717, 1.165) is 36.4 Å². The summed E-state index contributed by atoms with van der Waals surface area (Å²) in [5.74, 6) is 0.889. The van der Waals surface area contributed by atoms with E-state index in [9.17, 15) is 4.79 Å². The highest BCUT2D eigenvalue weighted by Gasteiger charge is 2.27. The van der Waals surface area contributed by atoms with Crippen LogP contribution in [0.15, 0.2) is 12.6 Å². The highest BCUT2D eigenvalue weighted by molar-refractivity contribution is 5.77. The Morgan fingerprint density at radius 1 is 1.38 bits per heavy atom. The predicted molar refractivity (Wildman–Crippen MR) is 95.7 cm³/mol. The van der Waals surface area contributed by atoms with Crippen molar-refractivity contribution in [3.63, 3.8) is 0 Å². The van der Waals surface area contributed by atoms with Crippen LogP contribution in [0.4, 0.5) is 10.5 Å². The smallest absolute Gasteiger partial charge is 0.410 e. The van der Waals surface area contributed by atoms with Gasteiger partial charge in [-0.05, 0) is 50.8 Å². The molecule has 24 heavy (non-hydrogen) atoms. The zero-order valence-corrected chi connectivity index (χ0v) is 14.8. The molecule has 1 amide bonds. The van der Waals surface area contributed by atoms with Crippen molar-refractivity contribution in [3.8, 4) is 5.75 Å². The summed E-state index contributed by atoms with van der Waals surface area (Å²) in [6, 6.07) is 2.11. The Morgan fingerprint density at radius 3 is 2.83 bits per heavy atom. The van der Waals surface area contributed by atoms with Crippen LogP contribution in [-0.2, 0) is 17.6 Å². The number of hydrogen-bond donors (Lipinski definition) is 1. The normalized spacial score (nSPS) is 16.9. The molecule has 0 aromatic heterocycles. The van der Waals surface area contributed by atoms with Crippen LogP contribution < -0.4 is 10.1 Å². The van der Waals surface area contributed by atoms with Crippen LogP contribution in [-0.4, -0.2) is 42.8 Å². The predicted octanol–water partition coefficient (Wildman–Crippen LogP) is 3.47. The summed E-state index contributed by atoms with van der Waals surface area (Å²) < 4.78 is 11.3. The second kappa shape index (κ2) is 6.38. The van der Waals surface area contributed by atoms with Crippen molar-refractivity contribution in [1.82, 2.24) is 4.90 Å². The zero-order valence-electron chi connectivity index (χ0n) is 14.8. The highest BCUT2D eigenvalue weighted by atomic mass is 16.6. The molecule has 5 nitrogen and oxygen atoms in total. The fourth-order valence-electron chi connectivity index (χ4n) is 3.27. The summed E-state index contributed by atoms with van der Waals surface area (Å²) in [6.07, 6.45) is 3.24. The number of fused-ring (bicyclic) bond motifs is 2. The molecule has 0 atom stereocenters. The third-order valence-corrected chi connectivity index (χ3v) is 4.33. The molecule has 0 spiro atoms. The number of nitrogens with zero attached hydrogens (tertiary/aromatic N) is 1. The topological polar surface area (TPSA) is 50.8 Å². The van der Waals surface area contributed by atoms with Gasteiger partial charge < -0.3 is 19.7 Å². The van der Waals surface area contributed by atoms with E-state index < -0.39 is 5.60 Å². The Labute approximate surface area is 143 Å². The van der Waals surface area contributed by atoms with E-state index in [1.54, 1.807) is 4.90 Å². The van der Waals surface area contributed by atoms with Gasteiger partial charge in [0.2, 0.25) is 0 Å². The van der Waals surface area contributed by atoms with Gasteiger partial charge in [0, 0.05) is 25.2 Å². The first-order chi connectivity index (χ1) is 11.4. The van der Waals surface area contributed by atoms with Gasteiger partial charge in [-0.3, -0.25) is 0 Å². The van der Waals surface area contributed by atoms with Gasteiger partial charge >= 0.3 is 6.09 Å². The molecule has 0 bridgehead atoms. The Morgan fingerprint density at radius 2 is 2.12 bits per heavy atom. The van der Waals surface area contributed by atoms with Crippen LogP contribution in [0.25, 0.3) is 6.08 Å². The van der Waals surface area contributed by atoms with E-state index in [1.165, 1.54) is 11.1 Å². The lowest BCUT2D eigenvalue weighted by Crippen LogP contribution is -2.38. The molecule has 1 aromatic carbocycles. The van der Waals surface area contributed by atoms with Crippen LogP contribution in [0, 0.1) is 0 Å². The second-order valence-corrected chi connectivity index (χ2v) is 7.25. The monoisotopic (exact) mass is 330 g/mol. The molecule has 1 aromatic rings. The molecule has 5 heteroatoms. The highest BCUT2D eigenvalue weighted by Crippen LogP contribution is 2.38. The summed E-state index contributed by atoms with van der Waals surface area (Å²) in [7, 11) is 0. The summed E-state index contributed by atoms with van der Waals surface area (Å²) in [6.45, 7) is 12.4. The lowest BCUT2D eigenvalue weighted by atomic mass is 9.94. The quantitative estimate of drug-likeness (QED) is 0.856. The number of anilines is 1. The Hall–Kier alpha value is -2.17. The number of benzene rings is 1. The Balaban J connectivity index is 1.85. The van der Waals surface area contributed by atoms with Crippen molar-refractivity contribution in [2.75, 3.05) is 31.6 Å². The average molecular weight is 330 g/mol. The van der Waals surface area contributed by atoms with Gasteiger partial charge in [-0.1, -0.05) is 12.7 Å². The molecular formula is C19H26N2O3. The summed E-state index contributed by atoms with van der Waals surface area (Å²) in [5, 5.41) is 3.42. The van der Waals surface area contributed by atoms with Crippen molar-refractivity contribution >= 4 is 17.9 Å². The van der Waals surface area contributed by atoms with Crippen LogP contribution in [0.1, 0.15) is 37.5 Å². The minimum absolute atomic E-state index is 0.241. The lowest BCUT2D eigenvalue weighted by Gasteiger charge is -2.26. The maximum Gasteiger partial charge on any atom is 0.410 e.